The van der Waals surface area contributed by atoms with E-state index in [4.69, 9.17) is 0 Å². The lowest BCUT2D eigenvalue weighted by Gasteiger charge is -2.13. The number of esters is 1. The fourth-order valence-corrected chi connectivity index (χ4v) is 5.29. The second-order valence-electron chi connectivity index (χ2n) is 8.24. The molecule has 0 saturated heterocycles. The lowest BCUT2D eigenvalue weighted by Crippen LogP contribution is -2.15. The van der Waals surface area contributed by atoms with E-state index in [2.05, 4.69) is 16.6 Å². The van der Waals surface area contributed by atoms with Gasteiger partial charge in [-0.3, -0.25) is 9.59 Å². The van der Waals surface area contributed by atoms with Crippen LogP contribution in [0.15, 0.2) is 70.0 Å². The Kier molecular flexibility index (Phi) is 9.56. The van der Waals surface area contributed by atoms with Crippen molar-refractivity contribution in [3.8, 4) is 11.8 Å². The lowest BCUT2D eigenvalue weighted by atomic mass is 9.96. The van der Waals surface area contributed by atoms with Gasteiger partial charge >= 0.3 is 5.97 Å². The number of hydrogen-bond acceptors (Lipinski definition) is 5. The van der Waals surface area contributed by atoms with Crippen LogP contribution in [0.3, 0.4) is 0 Å². The van der Waals surface area contributed by atoms with E-state index in [0.29, 0.717) is 29.7 Å². The van der Waals surface area contributed by atoms with Crippen molar-refractivity contribution in [2.75, 3.05) is 7.11 Å². The van der Waals surface area contributed by atoms with Crippen molar-refractivity contribution in [2.45, 2.75) is 55.9 Å². The van der Waals surface area contributed by atoms with Gasteiger partial charge < -0.3 is 14.4 Å². The van der Waals surface area contributed by atoms with Crippen molar-refractivity contribution in [3.63, 3.8) is 0 Å². The maximum absolute atomic E-state index is 13.1. The van der Waals surface area contributed by atoms with Crippen molar-refractivity contribution in [2.24, 2.45) is 11.8 Å². The number of methoxy groups -OCH3 is 1. The van der Waals surface area contributed by atoms with Crippen molar-refractivity contribution >= 4 is 22.9 Å². The van der Waals surface area contributed by atoms with Gasteiger partial charge in [-0.25, -0.2) is 0 Å². The Balaban J connectivity index is 1.77. The third-order valence-corrected chi connectivity index (χ3v) is 7.39. The van der Waals surface area contributed by atoms with Crippen LogP contribution in [0.2, 0.25) is 0 Å². The monoisotopic (exact) mass is 466 g/mol. The number of carbonyl (C=O) groups is 2. The number of benzene rings is 1. The summed E-state index contributed by atoms with van der Waals surface area (Å²) in [7, 11) is 1.35. The van der Waals surface area contributed by atoms with Crippen LogP contribution in [0.5, 0.6) is 0 Å². The molecule has 33 heavy (non-hydrogen) atoms. The van der Waals surface area contributed by atoms with E-state index in [1.54, 1.807) is 42.5 Å². The van der Waals surface area contributed by atoms with Gasteiger partial charge in [0.25, 0.3) is 0 Å². The number of ketones is 1. The SMILES string of the molecule is COC(=O)CCCC#CC=C1C(=O)C([S+]([O-])c2ccccc2)=CC1C=CC(O)C1CCCC1. The molecule has 0 aliphatic heterocycles. The number of carbonyl (C=O) groups excluding carboxylic acids is 2. The maximum atomic E-state index is 13.1. The molecule has 3 rings (SSSR count). The van der Waals surface area contributed by atoms with E-state index in [1.807, 2.05) is 12.1 Å². The number of Topliss-reactive ketones (excluding diaryl/α,β-unsaturated/α-hetero) is 1. The summed E-state index contributed by atoms with van der Waals surface area (Å²) in [5, 5.41) is 10.5. The molecule has 174 valence electrons. The Morgan fingerprint density at radius 2 is 2.03 bits per heavy atom. The molecule has 0 amide bonds. The van der Waals surface area contributed by atoms with Gasteiger partial charge in [0.2, 0.25) is 10.7 Å². The first-order valence-electron chi connectivity index (χ1n) is 11.4. The molecule has 0 heterocycles. The van der Waals surface area contributed by atoms with Crippen molar-refractivity contribution in [1.29, 1.82) is 0 Å². The maximum Gasteiger partial charge on any atom is 0.305 e. The molecular weight excluding hydrogens is 436 g/mol. The highest BCUT2D eigenvalue weighted by atomic mass is 32.2. The Bertz CT molecular complexity index is 977. The number of hydrogen-bond donors (Lipinski definition) is 1. The zero-order valence-corrected chi connectivity index (χ0v) is 19.7. The average Bonchev–Trinajstić information content (AvgIpc) is 3.48. The van der Waals surface area contributed by atoms with Gasteiger partial charge in [-0.1, -0.05) is 55.0 Å². The number of unbranched alkanes of at least 4 members (excludes halogenated alkanes) is 1. The molecule has 2 aliphatic carbocycles. The van der Waals surface area contributed by atoms with E-state index in [9.17, 15) is 19.2 Å². The first-order chi connectivity index (χ1) is 16.0. The molecule has 1 fully saturated rings. The minimum absolute atomic E-state index is 0.241. The molecule has 1 saturated carbocycles. The number of ether oxygens (including phenoxy) is 1. The highest BCUT2D eigenvalue weighted by Crippen LogP contribution is 2.35. The summed E-state index contributed by atoms with van der Waals surface area (Å²) in [6, 6.07) is 8.89. The average molecular weight is 467 g/mol. The minimum Gasteiger partial charge on any atom is -0.606 e. The summed E-state index contributed by atoms with van der Waals surface area (Å²) < 4.78 is 17.7. The van der Waals surface area contributed by atoms with Crippen molar-refractivity contribution < 1.29 is 24.0 Å². The van der Waals surface area contributed by atoms with Crippen molar-refractivity contribution in [3.05, 3.63) is 65.1 Å². The molecule has 1 aromatic rings. The first-order valence-corrected chi connectivity index (χ1v) is 12.5. The van der Waals surface area contributed by atoms with Crippen LogP contribution in [0, 0.1) is 23.7 Å². The Labute approximate surface area is 198 Å². The van der Waals surface area contributed by atoms with Gasteiger partial charge in [0, 0.05) is 35.5 Å². The van der Waals surface area contributed by atoms with Gasteiger partial charge in [-0.05, 0) is 49.5 Å². The van der Waals surface area contributed by atoms with Crippen LogP contribution >= 0.6 is 0 Å². The lowest BCUT2D eigenvalue weighted by molar-refractivity contribution is -0.140. The summed E-state index contributed by atoms with van der Waals surface area (Å²) in [5.41, 5.74) is 0.449. The third-order valence-electron chi connectivity index (χ3n) is 5.97. The zero-order chi connectivity index (χ0) is 23.6. The summed E-state index contributed by atoms with van der Waals surface area (Å²) in [4.78, 5) is 25.1. The Hall–Kier alpha value is -2.59. The largest absolute Gasteiger partial charge is 0.606 e. The smallest absolute Gasteiger partial charge is 0.305 e. The molecule has 0 bridgehead atoms. The van der Waals surface area contributed by atoms with Crippen LogP contribution in [-0.2, 0) is 25.5 Å². The first kappa shape index (κ1) is 25.0. The molecule has 0 spiro atoms. The van der Waals surface area contributed by atoms with Crippen LogP contribution in [0.4, 0.5) is 0 Å². The second-order valence-corrected chi connectivity index (χ2v) is 9.69. The fraction of sp³-hybridized carbons (Fsp3) is 0.407. The predicted octanol–water partition coefficient (Wildman–Crippen LogP) is 4.26. The molecule has 0 radical (unpaired) electrons. The highest BCUT2D eigenvalue weighted by Gasteiger charge is 2.37. The number of aliphatic hydroxyl groups excluding tert-OH is 1. The molecule has 2 aliphatic rings. The molecular formula is C27H30O5S. The van der Waals surface area contributed by atoms with Gasteiger partial charge in [-0.2, -0.15) is 0 Å². The van der Waals surface area contributed by atoms with Crippen molar-refractivity contribution in [1.82, 2.24) is 0 Å². The molecule has 3 atom stereocenters. The van der Waals surface area contributed by atoms with Crippen LogP contribution < -0.4 is 0 Å². The fourth-order valence-electron chi connectivity index (χ4n) is 4.07. The quantitative estimate of drug-likeness (QED) is 0.155. The number of allylic oxidation sites excluding steroid dienone is 5. The Morgan fingerprint density at radius 3 is 2.73 bits per heavy atom. The summed E-state index contributed by atoms with van der Waals surface area (Å²) in [6.07, 6.45) is 12.0. The van der Waals surface area contributed by atoms with E-state index >= 15 is 0 Å². The molecule has 1 N–H and O–H groups in total. The van der Waals surface area contributed by atoms with E-state index in [0.717, 1.165) is 25.7 Å². The van der Waals surface area contributed by atoms with E-state index < -0.39 is 17.3 Å². The van der Waals surface area contributed by atoms with Crippen LogP contribution in [-0.4, -0.2) is 34.6 Å². The molecule has 0 aromatic heterocycles. The van der Waals surface area contributed by atoms with Gasteiger partial charge in [0.15, 0.2) is 4.90 Å². The molecule has 5 nitrogen and oxygen atoms in total. The van der Waals surface area contributed by atoms with Crippen LogP contribution in [0.1, 0.15) is 44.9 Å². The number of rotatable bonds is 8. The van der Waals surface area contributed by atoms with Crippen LogP contribution in [0.25, 0.3) is 0 Å². The predicted molar refractivity (Wildman–Crippen MR) is 128 cm³/mol. The summed E-state index contributed by atoms with van der Waals surface area (Å²) >= 11 is -1.59. The highest BCUT2D eigenvalue weighted by molar-refractivity contribution is 7.96. The standard InChI is InChI=1S/C27H30O5S/c1-32-26(29)16-8-3-2-7-15-23-21(17-18-24(28)20-11-9-10-12-20)19-25(27(23)30)33(31)22-13-5-4-6-14-22/h4-6,13-15,17-21,24,28H,3,8-12,16H2,1H3. The Morgan fingerprint density at radius 1 is 1.30 bits per heavy atom. The normalized spacial score (nSPS) is 21.7. The van der Waals surface area contributed by atoms with Gasteiger partial charge in [0.05, 0.1) is 13.2 Å². The summed E-state index contributed by atoms with van der Waals surface area (Å²) in [6.45, 7) is 0. The van der Waals surface area contributed by atoms with Gasteiger partial charge in [-0.15, -0.1) is 0 Å². The minimum atomic E-state index is -1.59. The number of aliphatic hydroxyl groups is 1. The van der Waals surface area contributed by atoms with Gasteiger partial charge in [0.1, 0.15) is 0 Å². The van der Waals surface area contributed by atoms with E-state index in [-0.39, 0.29) is 28.5 Å². The molecule has 1 aromatic carbocycles. The van der Waals surface area contributed by atoms with E-state index in [1.165, 1.54) is 7.11 Å². The zero-order valence-electron chi connectivity index (χ0n) is 18.9. The molecule has 3 unspecified atom stereocenters. The third kappa shape index (κ3) is 6.94. The summed E-state index contributed by atoms with van der Waals surface area (Å²) in [5.74, 6) is 5.17. The second kappa shape index (κ2) is 12.6. The molecule has 6 heteroatoms. The topological polar surface area (TPSA) is 86.7 Å².